The number of carbonyl (C=O) groups is 1. The van der Waals surface area contributed by atoms with Crippen molar-refractivity contribution in [3.63, 3.8) is 0 Å². The Kier molecular flexibility index (Phi) is 4.76. The molecular weight excluding hydrogens is 386 g/mol. The fourth-order valence-electron chi connectivity index (χ4n) is 4.70. The molecule has 4 rings (SSSR count). The number of Topliss-reactive ketones (excluding diaryl/α,β-unsaturated/α-hetero) is 1. The van der Waals surface area contributed by atoms with Gasteiger partial charge in [0.15, 0.2) is 0 Å². The van der Waals surface area contributed by atoms with Crippen molar-refractivity contribution in [2.24, 2.45) is 29.3 Å². The Morgan fingerprint density at radius 3 is 2.55 bits per heavy atom. The van der Waals surface area contributed by atoms with E-state index in [9.17, 15) is 14.4 Å². The molecular formula is C22H27N3O3S. The smallest absolute Gasteiger partial charge is 0.299 e. The van der Waals surface area contributed by atoms with E-state index < -0.39 is 5.92 Å². The van der Waals surface area contributed by atoms with E-state index in [4.69, 9.17) is 4.99 Å². The van der Waals surface area contributed by atoms with Gasteiger partial charge in [0.05, 0.1) is 11.5 Å². The van der Waals surface area contributed by atoms with Crippen molar-refractivity contribution in [1.82, 2.24) is 9.13 Å². The molecule has 0 saturated heterocycles. The summed E-state index contributed by atoms with van der Waals surface area (Å²) in [5.74, 6) is -0.00260. The highest BCUT2D eigenvalue weighted by Gasteiger charge is 2.47. The number of rotatable bonds is 3. The van der Waals surface area contributed by atoms with Crippen LogP contribution in [0.1, 0.15) is 56.9 Å². The normalized spacial score (nSPS) is 23.0. The highest BCUT2D eigenvalue weighted by Crippen LogP contribution is 2.48. The number of hydrogen-bond acceptors (Lipinski definition) is 5. The molecule has 1 fully saturated rings. The number of thiophene rings is 1. The fourth-order valence-corrected chi connectivity index (χ4v) is 5.57. The maximum atomic E-state index is 13.3. The summed E-state index contributed by atoms with van der Waals surface area (Å²) in [7, 11) is 1.51. The Morgan fingerprint density at radius 1 is 1.21 bits per heavy atom. The zero-order valence-corrected chi connectivity index (χ0v) is 18.4. The summed E-state index contributed by atoms with van der Waals surface area (Å²) in [6.07, 6.45) is 1.16. The molecule has 29 heavy (non-hydrogen) atoms. The van der Waals surface area contributed by atoms with Crippen LogP contribution in [0, 0.1) is 17.3 Å². The molecule has 0 spiro atoms. The molecule has 6 nitrogen and oxygen atoms in total. The fraction of sp³-hybridized carbons (Fsp3) is 0.545. The van der Waals surface area contributed by atoms with Gasteiger partial charge in [0.1, 0.15) is 11.6 Å². The Labute approximate surface area is 173 Å². The van der Waals surface area contributed by atoms with E-state index >= 15 is 0 Å². The highest BCUT2D eigenvalue weighted by molar-refractivity contribution is 7.10. The average molecular weight is 414 g/mol. The first kappa shape index (κ1) is 20.0. The highest BCUT2D eigenvalue weighted by atomic mass is 32.1. The van der Waals surface area contributed by atoms with Gasteiger partial charge in [-0.2, -0.15) is 0 Å². The summed E-state index contributed by atoms with van der Waals surface area (Å²) in [5.41, 5.74) is 0.423. The number of hydrogen-bond donors (Lipinski definition) is 0. The summed E-state index contributed by atoms with van der Waals surface area (Å²) >= 11 is 1.55. The van der Waals surface area contributed by atoms with Crippen molar-refractivity contribution >= 4 is 28.6 Å². The van der Waals surface area contributed by atoms with E-state index in [2.05, 4.69) is 13.8 Å². The van der Waals surface area contributed by atoms with Gasteiger partial charge in [0.2, 0.25) is 0 Å². The number of aromatic nitrogens is 2. The third kappa shape index (κ3) is 3.25. The predicted molar refractivity (Wildman–Crippen MR) is 116 cm³/mol. The van der Waals surface area contributed by atoms with Crippen molar-refractivity contribution in [2.75, 3.05) is 0 Å². The van der Waals surface area contributed by atoms with Crippen molar-refractivity contribution in [2.45, 2.75) is 53.0 Å². The maximum Gasteiger partial charge on any atom is 0.332 e. The minimum absolute atomic E-state index is 0.132. The van der Waals surface area contributed by atoms with Gasteiger partial charge in [-0.1, -0.05) is 33.8 Å². The van der Waals surface area contributed by atoms with Crippen LogP contribution in [0.15, 0.2) is 32.1 Å². The van der Waals surface area contributed by atoms with E-state index in [1.807, 2.05) is 31.4 Å². The summed E-state index contributed by atoms with van der Waals surface area (Å²) in [5, 5.41) is 1.96. The molecule has 0 bridgehead atoms. The van der Waals surface area contributed by atoms with Crippen LogP contribution in [0.4, 0.5) is 5.82 Å². The predicted octanol–water partition coefficient (Wildman–Crippen LogP) is 3.49. The lowest BCUT2D eigenvalue weighted by Gasteiger charge is -2.40. The second-order valence-corrected chi connectivity index (χ2v) is 10.4. The first-order valence-corrected chi connectivity index (χ1v) is 11.0. The molecule has 1 saturated carbocycles. The van der Waals surface area contributed by atoms with E-state index in [0.717, 1.165) is 10.6 Å². The SMILES string of the molecule is CC(C)Cn1c2c(c(=O)n(C)c1=O)C(c1cccs1)C1C(=O)CC(C)(C)CC1=N2. The molecule has 2 aromatic rings. The molecule has 2 aliphatic rings. The lowest BCUT2D eigenvalue weighted by molar-refractivity contribution is -0.124. The summed E-state index contributed by atoms with van der Waals surface area (Å²) in [6, 6.07) is 3.92. The van der Waals surface area contributed by atoms with Crippen molar-refractivity contribution < 1.29 is 4.79 Å². The van der Waals surface area contributed by atoms with E-state index in [1.165, 1.54) is 11.6 Å². The molecule has 2 aromatic heterocycles. The standard InChI is InChI=1S/C22H27N3O3S/c1-12(2)11-25-19-18(20(27)24(5)21(25)28)17(15-7-6-8-29-15)16-13(23-19)9-22(3,4)10-14(16)26/h6-8,12,16-17H,9-11H2,1-5H3. The molecule has 0 N–H and O–H groups in total. The molecule has 154 valence electrons. The number of ketones is 1. The second kappa shape index (κ2) is 6.90. The number of nitrogens with zero attached hydrogens (tertiary/aromatic N) is 3. The van der Waals surface area contributed by atoms with Crippen LogP contribution >= 0.6 is 11.3 Å². The molecule has 1 aliphatic carbocycles. The van der Waals surface area contributed by atoms with E-state index in [0.29, 0.717) is 30.8 Å². The molecule has 2 unspecified atom stereocenters. The lowest BCUT2D eigenvalue weighted by atomic mass is 9.65. The summed E-state index contributed by atoms with van der Waals surface area (Å²) in [6.45, 7) is 8.69. The lowest BCUT2D eigenvalue weighted by Crippen LogP contribution is -2.48. The van der Waals surface area contributed by atoms with Crippen LogP contribution < -0.4 is 11.2 Å². The van der Waals surface area contributed by atoms with Gasteiger partial charge < -0.3 is 0 Å². The van der Waals surface area contributed by atoms with Crippen molar-refractivity contribution in [1.29, 1.82) is 0 Å². The van der Waals surface area contributed by atoms with Gasteiger partial charge in [0.25, 0.3) is 5.56 Å². The maximum absolute atomic E-state index is 13.3. The molecule has 1 aliphatic heterocycles. The Hall–Kier alpha value is -2.28. The minimum atomic E-state index is -0.424. The Balaban J connectivity index is 2.07. The minimum Gasteiger partial charge on any atom is -0.299 e. The topological polar surface area (TPSA) is 73.4 Å². The van der Waals surface area contributed by atoms with E-state index in [1.54, 1.807) is 15.9 Å². The molecule has 3 heterocycles. The second-order valence-electron chi connectivity index (χ2n) is 9.45. The number of fused-ring (bicyclic) bond motifs is 2. The molecule has 2 atom stereocenters. The zero-order chi connectivity index (χ0) is 21.1. The summed E-state index contributed by atoms with van der Waals surface area (Å²) < 4.78 is 2.79. The quantitative estimate of drug-likeness (QED) is 0.773. The summed E-state index contributed by atoms with van der Waals surface area (Å²) in [4.78, 5) is 45.2. The molecule has 0 aromatic carbocycles. The van der Waals surface area contributed by atoms with E-state index in [-0.39, 0.29) is 34.3 Å². The van der Waals surface area contributed by atoms with Gasteiger partial charge >= 0.3 is 5.69 Å². The number of carbonyl (C=O) groups excluding carboxylic acids is 1. The van der Waals surface area contributed by atoms with Crippen molar-refractivity contribution in [3.8, 4) is 0 Å². The Bertz CT molecular complexity index is 1120. The van der Waals surface area contributed by atoms with Gasteiger partial charge in [-0.3, -0.25) is 18.7 Å². The molecule has 7 heteroatoms. The first-order chi connectivity index (χ1) is 13.6. The third-order valence-corrected chi connectivity index (χ3v) is 6.81. The molecule has 0 radical (unpaired) electrons. The Morgan fingerprint density at radius 2 is 1.93 bits per heavy atom. The van der Waals surface area contributed by atoms with Crippen LogP contribution in [-0.2, 0) is 18.4 Å². The molecule has 0 amide bonds. The largest absolute Gasteiger partial charge is 0.332 e. The van der Waals surface area contributed by atoms with Crippen LogP contribution in [-0.4, -0.2) is 20.6 Å². The van der Waals surface area contributed by atoms with Crippen LogP contribution in [0.25, 0.3) is 0 Å². The monoisotopic (exact) mass is 413 g/mol. The van der Waals surface area contributed by atoms with Gasteiger partial charge in [0, 0.05) is 36.5 Å². The third-order valence-electron chi connectivity index (χ3n) is 5.86. The van der Waals surface area contributed by atoms with Crippen LogP contribution in [0.5, 0.6) is 0 Å². The zero-order valence-electron chi connectivity index (χ0n) is 17.6. The average Bonchev–Trinajstić information content (AvgIpc) is 3.15. The van der Waals surface area contributed by atoms with Gasteiger partial charge in [-0.25, -0.2) is 9.79 Å². The van der Waals surface area contributed by atoms with Crippen molar-refractivity contribution in [3.05, 3.63) is 48.8 Å². The van der Waals surface area contributed by atoms with Gasteiger partial charge in [-0.05, 0) is 29.2 Å². The first-order valence-electron chi connectivity index (χ1n) is 10.1. The van der Waals surface area contributed by atoms with Crippen LogP contribution in [0.2, 0.25) is 0 Å². The van der Waals surface area contributed by atoms with Crippen LogP contribution in [0.3, 0.4) is 0 Å². The number of aliphatic imine (C=N–C) groups is 1. The van der Waals surface area contributed by atoms with Gasteiger partial charge in [-0.15, -0.1) is 11.3 Å².